The average Bonchev–Trinajstić information content (AvgIpc) is 3.44. The van der Waals surface area contributed by atoms with Crippen molar-refractivity contribution in [1.82, 2.24) is 9.47 Å². The van der Waals surface area contributed by atoms with Crippen molar-refractivity contribution in [2.75, 3.05) is 25.2 Å². The van der Waals surface area contributed by atoms with Crippen molar-refractivity contribution in [1.29, 1.82) is 0 Å². The minimum atomic E-state index is -0.124. The largest absolute Gasteiger partial charge is 0.454 e. The summed E-state index contributed by atoms with van der Waals surface area (Å²) >= 11 is 0. The number of likely N-dealkylation sites (tertiary alicyclic amines) is 1. The number of fused-ring (bicyclic) bond motifs is 1. The van der Waals surface area contributed by atoms with E-state index >= 15 is 0 Å². The smallest absolute Gasteiger partial charge is 0.253 e. The highest BCUT2D eigenvalue weighted by molar-refractivity contribution is 5.95. The Morgan fingerprint density at radius 3 is 2.24 bits per heavy atom. The summed E-state index contributed by atoms with van der Waals surface area (Å²) in [6.07, 6.45) is 1.28. The molecule has 7 nitrogen and oxygen atoms in total. The molecule has 2 aliphatic heterocycles. The summed E-state index contributed by atoms with van der Waals surface area (Å²) in [4.78, 5) is 27.6. The Kier molecular flexibility index (Phi) is 5.54. The van der Waals surface area contributed by atoms with Crippen molar-refractivity contribution in [3.05, 3.63) is 71.5 Å². The summed E-state index contributed by atoms with van der Waals surface area (Å²) in [5.41, 5.74) is 4.73. The summed E-state index contributed by atoms with van der Waals surface area (Å²) in [5.74, 6) is 1.19. The molecule has 1 N–H and O–H groups in total. The van der Waals surface area contributed by atoms with Gasteiger partial charge in [-0.15, -0.1) is 0 Å². The molecule has 3 heterocycles. The molecule has 0 radical (unpaired) electrons. The average molecular weight is 446 g/mol. The van der Waals surface area contributed by atoms with Crippen LogP contribution in [0, 0.1) is 19.8 Å². The Balaban J connectivity index is 1.17. The Hall–Kier alpha value is -3.74. The lowest BCUT2D eigenvalue weighted by molar-refractivity contribution is -0.121. The molecule has 0 spiro atoms. The Morgan fingerprint density at radius 1 is 0.879 bits per heavy atom. The van der Waals surface area contributed by atoms with Gasteiger partial charge in [-0.3, -0.25) is 9.59 Å². The number of benzene rings is 2. The minimum absolute atomic E-state index is 0.0112. The van der Waals surface area contributed by atoms with Gasteiger partial charge in [-0.2, -0.15) is 0 Å². The van der Waals surface area contributed by atoms with E-state index in [4.69, 9.17) is 9.47 Å². The summed E-state index contributed by atoms with van der Waals surface area (Å²) in [6, 6.07) is 17.3. The van der Waals surface area contributed by atoms with Crippen molar-refractivity contribution >= 4 is 17.5 Å². The fourth-order valence-electron chi connectivity index (χ4n) is 4.57. The van der Waals surface area contributed by atoms with Gasteiger partial charge in [-0.1, -0.05) is 0 Å². The minimum Gasteiger partial charge on any atom is -0.454 e. The number of aryl methyl sites for hydroxylation is 2. The van der Waals surface area contributed by atoms with E-state index in [0.717, 1.165) is 17.1 Å². The molecule has 0 bridgehead atoms. The van der Waals surface area contributed by atoms with Crippen LogP contribution in [0.2, 0.25) is 0 Å². The molecule has 0 aliphatic carbocycles. The van der Waals surface area contributed by atoms with Crippen LogP contribution in [-0.2, 0) is 4.79 Å². The van der Waals surface area contributed by atoms with Gasteiger partial charge in [0.2, 0.25) is 12.7 Å². The maximum absolute atomic E-state index is 13.0. The molecule has 170 valence electrons. The molecular formula is C26H27N3O4. The zero-order valence-corrected chi connectivity index (χ0v) is 18.8. The molecule has 2 amide bonds. The van der Waals surface area contributed by atoms with Gasteiger partial charge in [0.1, 0.15) is 0 Å². The number of ether oxygens (including phenoxy) is 2. The van der Waals surface area contributed by atoms with Gasteiger partial charge >= 0.3 is 0 Å². The Morgan fingerprint density at radius 2 is 1.55 bits per heavy atom. The van der Waals surface area contributed by atoms with Gasteiger partial charge in [0, 0.05) is 53.4 Å². The number of piperidine rings is 1. The summed E-state index contributed by atoms with van der Waals surface area (Å²) in [7, 11) is 0. The fraction of sp³-hybridized carbons (Fsp3) is 0.308. The molecule has 7 heteroatoms. The van der Waals surface area contributed by atoms with Gasteiger partial charge in [-0.05, 0) is 75.2 Å². The number of aromatic nitrogens is 1. The van der Waals surface area contributed by atoms with E-state index in [9.17, 15) is 9.59 Å². The third kappa shape index (κ3) is 4.18. The van der Waals surface area contributed by atoms with Crippen LogP contribution in [0.3, 0.4) is 0 Å². The van der Waals surface area contributed by atoms with Crippen molar-refractivity contribution < 1.29 is 19.1 Å². The second kappa shape index (κ2) is 8.65. The van der Waals surface area contributed by atoms with Crippen LogP contribution in [-0.4, -0.2) is 41.2 Å². The van der Waals surface area contributed by atoms with Crippen LogP contribution in [0.15, 0.2) is 54.6 Å². The maximum Gasteiger partial charge on any atom is 0.253 e. The number of carbonyl (C=O) groups excluding carboxylic acids is 2. The van der Waals surface area contributed by atoms with Crippen molar-refractivity contribution in [2.45, 2.75) is 26.7 Å². The highest BCUT2D eigenvalue weighted by atomic mass is 16.7. The third-order valence-corrected chi connectivity index (χ3v) is 6.44. The highest BCUT2D eigenvalue weighted by Gasteiger charge is 2.28. The number of hydrogen-bond acceptors (Lipinski definition) is 4. The number of amides is 2. The monoisotopic (exact) mass is 445 g/mol. The van der Waals surface area contributed by atoms with E-state index in [1.165, 1.54) is 0 Å². The first-order valence-electron chi connectivity index (χ1n) is 11.2. The first kappa shape index (κ1) is 21.1. The van der Waals surface area contributed by atoms with Crippen LogP contribution in [0.25, 0.3) is 5.69 Å². The zero-order chi connectivity index (χ0) is 22.9. The highest BCUT2D eigenvalue weighted by Crippen LogP contribution is 2.34. The molecular weight excluding hydrogens is 418 g/mol. The summed E-state index contributed by atoms with van der Waals surface area (Å²) in [6.45, 7) is 5.47. The number of rotatable bonds is 4. The van der Waals surface area contributed by atoms with Crippen LogP contribution >= 0.6 is 0 Å². The van der Waals surface area contributed by atoms with Gasteiger partial charge < -0.3 is 24.3 Å². The molecule has 3 aromatic rings. The van der Waals surface area contributed by atoms with Crippen molar-refractivity contribution in [3.63, 3.8) is 0 Å². The standard InChI is InChI=1S/C26H27N3O4/c1-17-3-4-18(2)29(17)22-8-5-20(6-9-22)26(31)28-13-11-19(12-14-28)25(30)27-21-7-10-23-24(15-21)33-16-32-23/h3-10,15,19H,11-14,16H2,1-2H3,(H,27,30). The molecule has 2 aliphatic rings. The van der Waals surface area contributed by atoms with E-state index < -0.39 is 0 Å². The molecule has 33 heavy (non-hydrogen) atoms. The second-order valence-electron chi connectivity index (χ2n) is 8.62. The molecule has 2 aromatic carbocycles. The number of carbonyl (C=O) groups is 2. The van der Waals surface area contributed by atoms with E-state index in [1.54, 1.807) is 12.1 Å². The lowest BCUT2D eigenvalue weighted by atomic mass is 9.95. The summed E-state index contributed by atoms with van der Waals surface area (Å²) in [5, 5.41) is 2.97. The molecule has 0 unspecified atom stereocenters. The molecule has 0 atom stereocenters. The van der Waals surface area contributed by atoms with Crippen LogP contribution in [0.1, 0.15) is 34.6 Å². The number of nitrogens with zero attached hydrogens (tertiary/aromatic N) is 2. The second-order valence-corrected chi connectivity index (χ2v) is 8.62. The molecule has 0 saturated carbocycles. The molecule has 1 aromatic heterocycles. The van der Waals surface area contributed by atoms with Gasteiger partial charge in [-0.25, -0.2) is 0 Å². The van der Waals surface area contributed by atoms with E-state index in [-0.39, 0.29) is 24.5 Å². The normalized spacial score (nSPS) is 15.5. The van der Waals surface area contributed by atoms with Crippen molar-refractivity contribution in [2.24, 2.45) is 5.92 Å². The van der Waals surface area contributed by atoms with E-state index in [2.05, 4.69) is 35.9 Å². The Labute approximate surface area is 192 Å². The third-order valence-electron chi connectivity index (χ3n) is 6.44. The lowest BCUT2D eigenvalue weighted by Crippen LogP contribution is -2.41. The first-order valence-corrected chi connectivity index (χ1v) is 11.2. The maximum atomic E-state index is 13.0. The topological polar surface area (TPSA) is 72.8 Å². The quantitative estimate of drug-likeness (QED) is 0.649. The SMILES string of the molecule is Cc1ccc(C)n1-c1ccc(C(=O)N2CCC(C(=O)Nc3ccc4c(c3)OCO4)CC2)cc1. The fourth-order valence-corrected chi connectivity index (χ4v) is 4.57. The van der Waals surface area contributed by atoms with Crippen LogP contribution in [0.4, 0.5) is 5.69 Å². The molecule has 1 fully saturated rings. The summed E-state index contributed by atoms with van der Waals surface area (Å²) < 4.78 is 12.8. The first-order chi connectivity index (χ1) is 16.0. The molecule has 1 saturated heterocycles. The zero-order valence-electron chi connectivity index (χ0n) is 18.8. The molecule has 5 rings (SSSR count). The Bertz CT molecular complexity index is 1170. The number of nitrogens with one attached hydrogen (secondary N) is 1. The van der Waals surface area contributed by atoms with Crippen LogP contribution < -0.4 is 14.8 Å². The van der Waals surface area contributed by atoms with Gasteiger partial charge in [0.25, 0.3) is 5.91 Å². The van der Waals surface area contributed by atoms with E-state index in [0.29, 0.717) is 48.7 Å². The predicted octanol–water partition coefficient (Wildman–Crippen LogP) is 4.31. The lowest BCUT2D eigenvalue weighted by Gasteiger charge is -2.31. The van der Waals surface area contributed by atoms with Gasteiger partial charge in [0.15, 0.2) is 11.5 Å². The van der Waals surface area contributed by atoms with Crippen LogP contribution in [0.5, 0.6) is 11.5 Å². The van der Waals surface area contributed by atoms with E-state index in [1.807, 2.05) is 35.2 Å². The van der Waals surface area contributed by atoms with Crippen molar-refractivity contribution in [3.8, 4) is 17.2 Å². The predicted molar refractivity (Wildman–Crippen MR) is 125 cm³/mol. The number of anilines is 1. The number of hydrogen-bond donors (Lipinski definition) is 1. The van der Waals surface area contributed by atoms with Gasteiger partial charge in [0.05, 0.1) is 0 Å².